The van der Waals surface area contributed by atoms with Gasteiger partial charge in [0.2, 0.25) is 11.8 Å². The van der Waals surface area contributed by atoms with Crippen LogP contribution >= 0.6 is 0 Å². The van der Waals surface area contributed by atoms with Crippen LogP contribution < -0.4 is 11.1 Å². The molecule has 0 aliphatic carbocycles. The van der Waals surface area contributed by atoms with Crippen molar-refractivity contribution in [2.75, 3.05) is 6.54 Å². The van der Waals surface area contributed by atoms with Crippen LogP contribution in [-0.4, -0.2) is 46.6 Å². The Morgan fingerprint density at radius 1 is 1.09 bits per heavy atom. The number of β-amino-alcohol motifs (C(OH)–C–C–N with tert-alkyl or cyclic N) is 1. The van der Waals surface area contributed by atoms with Crippen LogP contribution in [0.1, 0.15) is 45.7 Å². The van der Waals surface area contributed by atoms with Gasteiger partial charge in [0.15, 0.2) is 11.6 Å². The van der Waals surface area contributed by atoms with E-state index in [2.05, 4.69) is 5.32 Å². The minimum Gasteiger partial charge on any atom is -0.391 e. The molecule has 2 aromatic carbocycles. The van der Waals surface area contributed by atoms with E-state index in [1.807, 2.05) is 20.8 Å². The number of nitrogens with one attached hydrogen (secondary N) is 1. The largest absolute Gasteiger partial charge is 0.391 e. The van der Waals surface area contributed by atoms with Crippen LogP contribution in [0, 0.1) is 22.9 Å². The molecule has 0 bridgehead atoms. The van der Waals surface area contributed by atoms with E-state index in [1.165, 1.54) is 17.0 Å². The van der Waals surface area contributed by atoms with Gasteiger partial charge in [0.05, 0.1) is 23.8 Å². The van der Waals surface area contributed by atoms with E-state index in [0.29, 0.717) is 5.56 Å². The number of carbonyl (C=O) groups is 2. The second-order valence-electron chi connectivity index (χ2n) is 9.81. The fourth-order valence-corrected chi connectivity index (χ4v) is 3.98. The fourth-order valence-electron chi connectivity index (χ4n) is 3.98. The van der Waals surface area contributed by atoms with Crippen LogP contribution in [0.25, 0.3) is 11.1 Å². The summed E-state index contributed by atoms with van der Waals surface area (Å²) in [5.41, 5.74) is 5.90. The number of benzene rings is 2. The van der Waals surface area contributed by atoms with Gasteiger partial charge in [-0.3, -0.25) is 9.59 Å². The molecule has 9 heteroatoms. The lowest BCUT2D eigenvalue weighted by atomic mass is 9.86. The third-order valence-electron chi connectivity index (χ3n) is 6.17. The first-order valence-corrected chi connectivity index (χ1v) is 11.1. The highest BCUT2D eigenvalue weighted by atomic mass is 19.2. The van der Waals surface area contributed by atoms with Gasteiger partial charge in [0.25, 0.3) is 0 Å². The number of hydrogen-bond donors (Lipinski definition) is 3. The van der Waals surface area contributed by atoms with Crippen LogP contribution in [0.2, 0.25) is 0 Å². The average Bonchev–Trinajstić information content (AvgIpc) is 3.17. The molecule has 0 unspecified atom stereocenters. The average molecular weight is 478 g/mol. The molecule has 2 amide bonds. The second-order valence-corrected chi connectivity index (χ2v) is 9.81. The summed E-state index contributed by atoms with van der Waals surface area (Å²) in [6.45, 7) is 7.21. The van der Waals surface area contributed by atoms with Gasteiger partial charge in [-0.15, -0.1) is 0 Å². The first-order chi connectivity index (χ1) is 15.8. The number of aliphatic hydroxyl groups is 1. The highest BCUT2D eigenvalue weighted by Gasteiger charge is 2.42. The summed E-state index contributed by atoms with van der Waals surface area (Å²) in [6.07, 6.45) is -0.740. The number of rotatable bonds is 5. The molecule has 0 spiro atoms. The number of likely N-dealkylation sites (tertiary alicyclic amines) is 1. The molecule has 1 fully saturated rings. The Morgan fingerprint density at radius 3 is 2.26 bits per heavy atom. The van der Waals surface area contributed by atoms with Gasteiger partial charge in [-0.05, 0) is 35.6 Å². The van der Waals surface area contributed by atoms with Crippen molar-refractivity contribution >= 4 is 11.8 Å². The monoisotopic (exact) mass is 477 g/mol. The van der Waals surface area contributed by atoms with Crippen molar-refractivity contribution in [3.8, 4) is 11.1 Å². The Bertz CT molecular complexity index is 1070. The first kappa shape index (κ1) is 25.7. The quantitative estimate of drug-likeness (QED) is 0.576. The van der Waals surface area contributed by atoms with E-state index >= 15 is 0 Å². The normalized spacial score (nSPS) is 20.2. The minimum atomic E-state index is -1.27. The minimum absolute atomic E-state index is 0.0224. The fraction of sp³-hybridized carbons (Fsp3) is 0.440. The van der Waals surface area contributed by atoms with Gasteiger partial charge in [-0.1, -0.05) is 45.0 Å². The smallest absolute Gasteiger partial charge is 0.243 e. The molecule has 2 aromatic rings. The topological polar surface area (TPSA) is 95.7 Å². The summed E-state index contributed by atoms with van der Waals surface area (Å²) >= 11 is 0. The lowest BCUT2D eigenvalue weighted by Crippen LogP contribution is -2.55. The zero-order valence-electron chi connectivity index (χ0n) is 19.6. The Balaban J connectivity index is 1.74. The number of nitrogens with two attached hydrogens (primary N) is 1. The lowest BCUT2D eigenvalue weighted by Gasteiger charge is -2.32. The van der Waals surface area contributed by atoms with Crippen molar-refractivity contribution in [3.05, 3.63) is 59.4 Å². The number of carbonyl (C=O) groups excluding carboxylic acids is 2. The van der Waals surface area contributed by atoms with E-state index in [0.717, 1.165) is 12.1 Å². The Kier molecular flexibility index (Phi) is 7.38. The van der Waals surface area contributed by atoms with Gasteiger partial charge >= 0.3 is 0 Å². The molecule has 0 saturated carbocycles. The summed E-state index contributed by atoms with van der Waals surface area (Å²) in [7, 11) is 0. The summed E-state index contributed by atoms with van der Waals surface area (Å²) in [5, 5.41) is 12.9. The van der Waals surface area contributed by atoms with Crippen molar-refractivity contribution in [2.24, 2.45) is 11.1 Å². The molecule has 34 heavy (non-hydrogen) atoms. The molecule has 1 aliphatic heterocycles. The maximum Gasteiger partial charge on any atom is 0.243 e. The van der Waals surface area contributed by atoms with Crippen LogP contribution in [-0.2, 0) is 9.59 Å². The van der Waals surface area contributed by atoms with Crippen molar-refractivity contribution < 1.29 is 27.9 Å². The zero-order valence-corrected chi connectivity index (χ0v) is 19.6. The van der Waals surface area contributed by atoms with Crippen LogP contribution in [0.4, 0.5) is 13.2 Å². The van der Waals surface area contributed by atoms with Crippen molar-refractivity contribution in [3.63, 3.8) is 0 Å². The van der Waals surface area contributed by atoms with Crippen molar-refractivity contribution in [1.82, 2.24) is 10.2 Å². The molecule has 0 aromatic heterocycles. The molecular formula is C25H30F3N3O3. The van der Waals surface area contributed by atoms with E-state index in [1.54, 1.807) is 19.1 Å². The molecule has 0 radical (unpaired) electrons. The summed E-state index contributed by atoms with van der Waals surface area (Å²) in [5.74, 6) is -4.14. The Morgan fingerprint density at radius 2 is 1.68 bits per heavy atom. The zero-order chi connectivity index (χ0) is 25.4. The number of hydrogen-bond acceptors (Lipinski definition) is 4. The molecule has 1 saturated heterocycles. The SMILES string of the molecule is C[C@H](NC(=O)[C@@H]1C[C@@H](O)CN1C(=O)[C@@H](N)C(C)(C)C)c1ccc(-c2c(F)ccc(F)c2F)cc1. The standard InChI is InChI=1S/C25H30F3N3O3/c1-13(14-5-7-15(8-6-14)20-17(26)9-10-18(27)21(20)28)30-23(33)19-11-16(32)12-31(19)24(34)22(29)25(2,3)4/h5-10,13,16,19,22,32H,11-12,29H2,1-4H3,(H,30,33)/t13-,16+,19-,22+/m0/s1. The number of aliphatic hydroxyl groups excluding tert-OH is 1. The van der Waals surface area contributed by atoms with Crippen LogP contribution in [0.5, 0.6) is 0 Å². The molecule has 184 valence electrons. The summed E-state index contributed by atoms with van der Waals surface area (Å²) in [4.78, 5) is 27.2. The number of halogens is 3. The van der Waals surface area contributed by atoms with E-state index < -0.39 is 64.5 Å². The summed E-state index contributed by atoms with van der Waals surface area (Å²) in [6, 6.07) is 5.41. The Hall–Kier alpha value is -2.91. The van der Waals surface area contributed by atoms with Gasteiger partial charge < -0.3 is 21.1 Å². The predicted molar refractivity (Wildman–Crippen MR) is 122 cm³/mol. The molecule has 4 atom stereocenters. The van der Waals surface area contributed by atoms with Gasteiger partial charge in [-0.2, -0.15) is 0 Å². The maximum absolute atomic E-state index is 14.1. The van der Waals surface area contributed by atoms with E-state index in [-0.39, 0.29) is 18.5 Å². The van der Waals surface area contributed by atoms with Gasteiger partial charge in [0.1, 0.15) is 11.9 Å². The molecular weight excluding hydrogens is 447 g/mol. The van der Waals surface area contributed by atoms with E-state index in [4.69, 9.17) is 5.73 Å². The number of nitrogens with zero attached hydrogens (tertiary/aromatic N) is 1. The first-order valence-electron chi connectivity index (χ1n) is 11.1. The van der Waals surface area contributed by atoms with Crippen molar-refractivity contribution in [1.29, 1.82) is 0 Å². The third-order valence-corrected chi connectivity index (χ3v) is 6.17. The molecule has 4 N–H and O–H groups in total. The van der Waals surface area contributed by atoms with Crippen LogP contribution in [0.15, 0.2) is 36.4 Å². The lowest BCUT2D eigenvalue weighted by molar-refractivity contribution is -0.141. The molecule has 1 aliphatic rings. The predicted octanol–water partition coefficient (Wildman–Crippen LogP) is 3.28. The third kappa shape index (κ3) is 5.26. The second kappa shape index (κ2) is 9.76. The number of amides is 2. The molecule has 3 rings (SSSR count). The highest BCUT2D eigenvalue weighted by Crippen LogP contribution is 2.29. The van der Waals surface area contributed by atoms with Crippen LogP contribution in [0.3, 0.4) is 0 Å². The Labute approximate surface area is 196 Å². The van der Waals surface area contributed by atoms with Gasteiger partial charge in [0, 0.05) is 13.0 Å². The van der Waals surface area contributed by atoms with Gasteiger partial charge in [-0.25, -0.2) is 13.2 Å². The highest BCUT2D eigenvalue weighted by molar-refractivity contribution is 5.91. The van der Waals surface area contributed by atoms with Crippen molar-refractivity contribution in [2.45, 2.75) is 58.3 Å². The van der Waals surface area contributed by atoms with E-state index in [9.17, 15) is 27.9 Å². The molecule has 6 nitrogen and oxygen atoms in total. The summed E-state index contributed by atoms with van der Waals surface area (Å²) < 4.78 is 41.7. The maximum atomic E-state index is 14.1. The molecule has 1 heterocycles.